The summed E-state index contributed by atoms with van der Waals surface area (Å²) in [6, 6.07) is 4.77. The van der Waals surface area contributed by atoms with E-state index >= 15 is 0 Å². The van der Waals surface area contributed by atoms with Crippen molar-refractivity contribution in [2.45, 2.75) is 39.2 Å². The fourth-order valence-electron chi connectivity index (χ4n) is 2.51. The number of hydrogen-bond donors (Lipinski definition) is 1. The molecule has 1 aliphatic rings. The lowest BCUT2D eigenvalue weighted by Gasteiger charge is -2.20. The summed E-state index contributed by atoms with van der Waals surface area (Å²) in [4.78, 5) is 0. The van der Waals surface area contributed by atoms with Crippen LogP contribution in [-0.4, -0.2) is 13.7 Å². The average molecular weight is 312 g/mol. The van der Waals surface area contributed by atoms with Crippen LogP contribution in [0.4, 0.5) is 0 Å². The van der Waals surface area contributed by atoms with Gasteiger partial charge in [0.15, 0.2) is 0 Å². The van der Waals surface area contributed by atoms with Crippen LogP contribution in [0.25, 0.3) is 0 Å². The van der Waals surface area contributed by atoms with Gasteiger partial charge in [0.05, 0.1) is 6.61 Å². The normalized spacial score (nSPS) is 15.6. The van der Waals surface area contributed by atoms with Crippen molar-refractivity contribution in [3.05, 3.63) is 27.7 Å². The summed E-state index contributed by atoms with van der Waals surface area (Å²) >= 11 is 3.61. The van der Waals surface area contributed by atoms with Gasteiger partial charge < -0.3 is 10.1 Å². The largest absolute Gasteiger partial charge is 0.493 e. The molecule has 0 aromatic heterocycles. The Morgan fingerprint density at radius 2 is 2.11 bits per heavy atom. The molecular formula is C15H22BrNO. The van der Waals surface area contributed by atoms with Crippen molar-refractivity contribution < 1.29 is 4.74 Å². The van der Waals surface area contributed by atoms with E-state index in [0.29, 0.717) is 6.04 Å². The van der Waals surface area contributed by atoms with E-state index < -0.39 is 0 Å². The van der Waals surface area contributed by atoms with Gasteiger partial charge in [-0.05, 0) is 43.5 Å². The highest BCUT2D eigenvalue weighted by molar-refractivity contribution is 9.10. The summed E-state index contributed by atoms with van der Waals surface area (Å²) in [5.41, 5.74) is 2.64. The van der Waals surface area contributed by atoms with Gasteiger partial charge in [-0.3, -0.25) is 0 Å². The van der Waals surface area contributed by atoms with Gasteiger partial charge in [0, 0.05) is 22.5 Å². The van der Waals surface area contributed by atoms with Gasteiger partial charge in [-0.25, -0.2) is 0 Å². The van der Waals surface area contributed by atoms with Crippen LogP contribution in [0.15, 0.2) is 16.6 Å². The van der Waals surface area contributed by atoms with Crippen molar-refractivity contribution in [3.63, 3.8) is 0 Å². The van der Waals surface area contributed by atoms with E-state index in [1.165, 1.54) is 17.5 Å². The Hall–Kier alpha value is -0.540. The van der Waals surface area contributed by atoms with Gasteiger partial charge in [0.2, 0.25) is 0 Å². The first-order valence-corrected chi connectivity index (χ1v) is 7.53. The number of rotatable bonds is 5. The van der Waals surface area contributed by atoms with Gasteiger partial charge in [-0.2, -0.15) is 0 Å². The summed E-state index contributed by atoms with van der Waals surface area (Å²) in [6.07, 6.45) is 3.41. The van der Waals surface area contributed by atoms with E-state index in [2.05, 4.69) is 47.2 Å². The van der Waals surface area contributed by atoms with Crippen molar-refractivity contribution in [2.24, 2.45) is 5.92 Å². The van der Waals surface area contributed by atoms with Crippen molar-refractivity contribution in [3.8, 4) is 5.75 Å². The Morgan fingerprint density at radius 3 is 2.78 bits per heavy atom. The van der Waals surface area contributed by atoms with Gasteiger partial charge >= 0.3 is 0 Å². The molecule has 1 aromatic carbocycles. The molecule has 1 N–H and O–H groups in total. The highest BCUT2D eigenvalue weighted by Crippen LogP contribution is 2.38. The van der Waals surface area contributed by atoms with Crippen molar-refractivity contribution in [2.75, 3.05) is 13.7 Å². The topological polar surface area (TPSA) is 21.3 Å². The van der Waals surface area contributed by atoms with Crippen LogP contribution >= 0.6 is 15.9 Å². The number of ether oxygens (including phenoxy) is 1. The Morgan fingerprint density at radius 1 is 1.33 bits per heavy atom. The summed E-state index contributed by atoms with van der Waals surface area (Å²) in [6.45, 7) is 5.36. The van der Waals surface area contributed by atoms with Crippen LogP contribution in [0.1, 0.15) is 43.9 Å². The molecule has 18 heavy (non-hydrogen) atoms. The lowest BCUT2D eigenvalue weighted by atomic mass is 9.95. The van der Waals surface area contributed by atoms with Crippen molar-refractivity contribution in [1.29, 1.82) is 0 Å². The van der Waals surface area contributed by atoms with Crippen LogP contribution < -0.4 is 10.1 Å². The molecule has 1 aliphatic heterocycles. The molecule has 1 unspecified atom stereocenters. The van der Waals surface area contributed by atoms with Gasteiger partial charge in [0.1, 0.15) is 5.75 Å². The SMILES string of the molecule is CNC(CCC(C)C)c1cc(Br)cc2c1OCC2. The maximum absolute atomic E-state index is 5.81. The zero-order chi connectivity index (χ0) is 13.1. The third kappa shape index (κ3) is 3.07. The first-order valence-electron chi connectivity index (χ1n) is 6.74. The molecule has 0 spiro atoms. The van der Waals surface area contributed by atoms with Gasteiger partial charge in [-0.1, -0.05) is 29.8 Å². The Bertz CT molecular complexity index is 417. The third-order valence-electron chi connectivity index (χ3n) is 3.53. The molecule has 0 bridgehead atoms. The predicted octanol–water partition coefficient (Wildman–Crippen LogP) is 4.08. The molecule has 0 saturated carbocycles. The molecule has 100 valence electrons. The van der Waals surface area contributed by atoms with E-state index in [9.17, 15) is 0 Å². The molecular weight excluding hydrogens is 290 g/mol. The zero-order valence-electron chi connectivity index (χ0n) is 11.4. The zero-order valence-corrected chi connectivity index (χ0v) is 13.0. The number of nitrogens with one attached hydrogen (secondary N) is 1. The molecule has 1 atom stereocenters. The predicted molar refractivity (Wildman–Crippen MR) is 79.2 cm³/mol. The molecule has 2 nitrogen and oxygen atoms in total. The molecule has 0 fully saturated rings. The van der Waals surface area contributed by atoms with Crippen LogP contribution in [0.2, 0.25) is 0 Å². The van der Waals surface area contributed by atoms with Crippen molar-refractivity contribution >= 4 is 15.9 Å². The number of benzene rings is 1. The second-order valence-corrected chi connectivity index (χ2v) is 6.31. The molecule has 0 saturated heterocycles. The quantitative estimate of drug-likeness (QED) is 0.884. The summed E-state index contributed by atoms with van der Waals surface area (Å²) < 4.78 is 6.97. The number of halogens is 1. The minimum absolute atomic E-state index is 0.386. The number of hydrogen-bond acceptors (Lipinski definition) is 2. The van der Waals surface area contributed by atoms with Crippen LogP contribution in [0.3, 0.4) is 0 Å². The standard InChI is InChI=1S/C15H22BrNO/c1-10(2)4-5-14(17-3)13-9-12(16)8-11-6-7-18-15(11)13/h8-10,14,17H,4-7H2,1-3H3. The summed E-state index contributed by atoms with van der Waals surface area (Å²) in [5, 5.41) is 3.43. The van der Waals surface area contributed by atoms with Gasteiger partial charge in [-0.15, -0.1) is 0 Å². The Balaban J connectivity index is 2.25. The molecule has 2 rings (SSSR count). The highest BCUT2D eigenvalue weighted by Gasteiger charge is 2.22. The minimum atomic E-state index is 0.386. The second-order valence-electron chi connectivity index (χ2n) is 5.39. The molecule has 0 amide bonds. The molecule has 1 heterocycles. The smallest absolute Gasteiger partial charge is 0.127 e. The van der Waals surface area contributed by atoms with E-state index in [0.717, 1.165) is 35.6 Å². The Labute approximate surface area is 118 Å². The maximum Gasteiger partial charge on any atom is 0.127 e. The average Bonchev–Trinajstić information content (AvgIpc) is 2.77. The summed E-state index contributed by atoms with van der Waals surface area (Å²) in [7, 11) is 2.03. The molecule has 0 aliphatic carbocycles. The van der Waals surface area contributed by atoms with Crippen LogP contribution in [0.5, 0.6) is 5.75 Å². The lowest BCUT2D eigenvalue weighted by Crippen LogP contribution is -2.17. The highest BCUT2D eigenvalue weighted by atomic mass is 79.9. The van der Waals surface area contributed by atoms with Crippen LogP contribution in [0, 0.1) is 5.92 Å². The number of fused-ring (bicyclic) bond motifs is 1. The lowest BCUT2D eigenvalue weighted by molar-refractivity contribution is 0.346. The van der Waals surface area contributed by atoms with E-state index in [1.807, 2.05) is 7.05 Å². The van der Waals surface area contributed by atoms with Gasteiger partial charge in [0.25, 0.3) is 0 Å². The molecule has 3 heteroatoms. The third-order valence-corrected chi connectivity index (χ3v) is 3.99. The fourth-order valence-corrected chi connectivity index (χ4v) is 3.04. The van der Waals surface area contributed by atoms with E-state index in [-0.39, 0.29) is 0 Å². The monoisotopic (exact) mass is 311 g/mol. The summed E-state index contributed by atoms with van der Waals surface area (Å²) in [5.74, 6) is 1.85. The van der Waals surface area contributed by atoms with E-state index in [1.54, 1.807) is 0 Å². The first kappa shape index (κ1) is 13.9. The van der Waals surface area contributed by atoms with Crippen LogP contribution in [-0.2, 0) is 6.42 Å². The van der Waals surface area contributed by atoms with E-state index in [4.69, 9.17) is 4.74 Å². The second kappa shape index (κ2) is 6.07. The first-order chi connectivity index (χ1) is 8.61. The van der Waals surface area contributed by atoms with Crippen molar-refractivity contribution in [1.82, 2.24) is 5.32 Å². The maximum atomic E-state index is 5.81. The minimum Gasteiger partial charge on any atom is -0.493 e. The molecule has 1 aromatic rings. The Kier molecular flexibility index (Phi) is 4.68. The molecule has 0 radical (unpaired) electrons. The fraction of sp³-hybridized carbons (Fsp3) is 0.600.